The summed E-state index contributed by atoms with van der Waals surface area (Å²) in [6.45, 7) is 3.57. The summed E-state index contributed by atoms with van der Waals surface area (Å²) in [6.07, 6.45) is 2.21. The number of benzene rings is 2. The van der Waals surface area contributed by atoms with Gasteiger partial charge in [-0.3, -0.25) is 0 Å². The molecule has 0 radical (unpaired) electrons. The molecular weight excluding hydrogens is 327 g/mol. The lowest BCUT2D eigenvalue weighted by Gasteiger charge is -2.11. The van der Waals surface area contributed by atoms with Gasteiger partial charge in [0.2, 0.25) is 5.95 Å². The predicted molar refractivity (Wildman–Crippen MR) is 105 cm³/mol. The predicted octanol–water partition coefficient (Wildman–Crippen LogP) is 5.11. The molecule has 0 saturated carbocycles. The largest absolute Gasteiger partial charge is 0.370 e. The third-order valence-electron chi connectivity index (χ3n) is 4.00. The summed E-state index contributed by atoms with van der Waals surface area (Å²) in [6, 6.07) is 18.4. The van der Waals surface area contributed by atoms with Crippen LogP contribution in [0.2, 0.25) is 0 Å². The average molecular weight is 350 g/mol. The quantitative estimate of drug-likeness (QED) is 0.555. The van der Waals surface area contributed by atoms with E-state index in [9.17, 15) is 4.39 Å². The Labute approximate surface area is 153 Å². The molecule has 1 heterocycles. The first-order valence-corrected chi connectivity index (χ1v) is 8.91. The molecule has 2 aromatic carbocycles. The Morgan fingerprint density at radius 1 is 0.923 bits per heavy atom. The van der Waals surface area contributed by atoms with Crippen molar-refractivity contribution in [3.05, 3.63) is 72.0 Å². The van der Waals surface area contributed by atoms with Crippen LogP contribution in [0, 0.1) is 5.82 Å². The van der Waals surface area contributed by atoms with E-state index in [2.05, 4.69) is 27.5 Å². The summed E-state index contributed by atoms with van der Waals surface area (Å²) in [4.78, 5) is 9.18. The first-order chi connectivity index (χ1) is 12.7. The molecule has 0 amide bonds. The molecule has 0 atom stereocenters. The van der Waals surface area contributed by atoms with Crippen LogP contribution in [0.15, 0.2) is 60.7 Å². The molecule has 0 aliphatic carbocycles. The van der Waals surface area contributed by atoms with Gasteiger partial charge in [-0.1, -0.05) is 55.8 Å². The van der Waals surface area contributed by atoms with Gasteiger partial charge in [-0.15, -0.1) is 0 Å². The van der Waals surface area contributed by atoms with Crippen LogP contribution in [0.4, 0.5) is 16.2 Å². The first-order valence-electron chi connectivity index (χ1n) is 8.91. The van der Waals surface area contributed by atoms with Crippen molar-refractivity contribution in [3.8, 4) is 11.3 Å². The zero-order valence-corrected chi connectivity index (χ0v) is 14.9. The molecule has 0 unspecified atom stereocenters. The summed E-state index contributed by atoms with van der Waals surface area (Å²) < 4.78 is 13.0. The minimum Gasteiger partial charge on any atom is -0.370 e. The lowest BCUT2D eigenvalue weighted by atomic mass is 10.1. The molecule has 26 heavy (non-hydrogen) atoms. The summed E-state index contributed by atoms with van der Waals surface area (Å²) in [5, 5.41) is 6.60. The lowest BCUT2D eigenvalue weighted by molar-refractivity contribution is 0.627. The molecule has 1 aromatic heterocycles. The van der Waals surface area contributed by atoms with Gasteiger partial charge in [-0.25, -0.2) is 9.37 Å². The minimum atomic E-state index is -0.238. The Balaban J connectivity index is 1.80. The van der Waals surface area contributed by atoms with Crippen molar-refractivity contribution in [2.24, 2.45) is 0 Å². The lowest BCUT2D eigenvalue weighted by Crippen LogP contribution is -2.08. The third kappa shape index (κ3) is 5.02. The molecule has 5 heteroatoms. The topological polar surface area (TPSA) is 49.8 Å². The molecular formula is C21H23FN4. The summed E-state index contributed by atoms with van der Waals surface area (Å²) in [5.74, 6) is 1.11. The van der Waals surface area contributed by atoms with Crippen LogP contribution in [-0.4, -0.2) is 16.5 Å². The second-order valence-electron chi connectivity index (χ2n) is 6.09. The smallest absolute Gasteiger partial charge is 0.225 e. The van der Waals surface area contributed by atoms with Crippen LogP contribution >= 0.6 is 0 Å². The third-order valence-corrected chi connectivity index (χ3v) is 4.00. The maximum atomic E-state index is 13.0. The molecule has 4 nitrogen and oxygen atoms in total. The van der Waals surface area contributed by atoms with Gasteiger partial charge in [0.25, 0.3) is 0 Å². The van der Waals surface area contributed by atoms with E-state index in [1.54, 1.807) is 12.1 Å². The monoisotopic (exact) mass is 350 g/mol. The van der Waals surface area contributed by atoms with E-state index >= 15 is 0 Å². The molecule has 0 bridgehead atoms. The number of nitrogens with one attached hydrogen (secondary N) is 2. The summed E-state index contributed by atoms with van der Waals surface area (Å²) in [5.41, 5.74) is 2.88. The minimum absolute atomic E-state index is 0.238. The molecule has 134 valence electrons. The van der Waals surface area contributed by atoms with E-state index in [-0.39, 0.29) is 5.82 Å². The van der Waals surface area contributed by atoms with Crippen molar-refractivity contribution in [1.29, 1.82) is 0 Å². The number of unbranched alkanes of at least 4 members (excludes halogenated alkanes) is 1. The van der Waals surface area contributed by atoms with Crippen LogP contribution < -0.4 is 10.6 Å². The Bertz CT molecular complexity index is 819. The zero-order valence-electron chi connectivity index (χ0n) is 14.9. The number of anilines is 2. The van der Waals surface area contributed by atoms with Crippen molar-refractivity contribution in [2.75, 3.05) is 17.2 Å². The van der Waals surface area contributed by atoms with E-state index in [0.717, 1.165) is 42.0 Å². The van der Waals surface area contributed by atoms with E-state index in [4.69, 9.17) is 0 Å². The molecule has 2 N–H and O–H groups in total. The average Bonchev–Trinajstić information content (AvgIpc) is 2.68. The number of halogens is 1. The second kappa shape index (κ2) is 8.94. The van der Waals surface area contributed by atoms with Crippen LogP contribution in [0.25, 0.3) is 11.3 Å². The van der Waals surface area contributed by atoms with Gasteiger partial charge in [0.05, 0.1) is 5.69 Å². The molecule has 3 aromatic rings. The van der Waals surface area contributed by atoms with Crippen molar-refractivity contribution < 1.29 is 4.39 Å². The van der Waals surface area contributed by atoms with Gasteiger partial charge in [0, 0.05) is 24.7 Å². The highest BCUT2D eigenvalue weighted by Crippen LogP contribution is 2.21. The molecule has 0 aliphatic rings. The first kappa shape index (κ1) is 17.9. The van der Waals surface area contributed by atoms with Gasteiger partial charge in [-0.05, 0) is 24.1 Å². The van der Waals surface area contributed by atoms with Gasteiger partial charge >= 0.3 is 0 Å². The Morgan fingerprint density at radius 2 is 1.69 bits per heavy atom. The Kier molecular flexibility index (Phi) is 6.14. The highest BCUT2D eigenvalue weighted by Gasteiger charge is 2.07. The summed E-state index contributed by atoms with van der Waals surface area (Å²) >= 11 is 0. The number of hydrogen-bond donors (Lipinski definition) is 2. The van der Waals surface area contributed by atoms with E-state index in [1.807, 2.05) is 36.4 Å². The SMILES string of the molecule is CCCCNc1cc(-c2ccccc2)nc(NCc2ccc(F)cc2)n1. The molecule has 0 fully saturated rings. The summed E-state index contributed by atoms with van der Waals surface area (Å²) in [7, 11) is 0. The van der Waals surface area contributed by atoms with Crippen LogP contribution in [0.3, 0.4) is 0 Å². The number of hydrogen-bond acceptors (Lipinski definition) is 4. The maximum Gasteiger partial charge on any atom is 0.225 e. The molecule has 0 saturated heterocycles. The molecule has 3 rings (SSSR count). The van der Waals surface area contributed by atoms with E-state index < -0.39 is 0 Å². The van der Waals surface area contributed by atoms with E-state index in [0.29, 0.717) is 12.5 Å². The fourth-order valence-corrected chi connectivity index (χ4v) is 2.55. The standard InChI is InChI=1S/C21H23FN4/c1-2-3-13-23-20-14-19(17-7-5-4-6-8-17)25-21(26-20)24-15-16-9-11-18(22)12-10-16/h4-12,14H,2-3,13,15H2,1H3,(H2,23,24,25,26). The highest BCUT2D eigenvalue weighted by atomic mass is 19.1. The van der Waals surface area contributed by atoms with Crippen molar-refractivity contribution in [2.45, 2.75) is 26.3 Å². The van der Waals surface area contributed by atoms with Gasteiger partial charge in [-0.2, -0.15) is 4.98 Å². The fraction of sp³-hybridized carbons (Fsp3) is 0.238. The van der Waals surface area contributed by atoms with Gasteiger partial charge < -0.3 is 10.6 Å². The van der Waals surface area contributed by atoms with Crippen molar-refractivity contribution >= 4 is 11.8 Å². The Hall–Kier alpha value is -2.95. The van der Waals surface area contributed by atoms with Crippen molar-refractivity contribution in [1.82, 2.24) is 9.97 Å². The van der Waals surface area contributed by atoms with Crippen LogP contribution in [-0.2, 0) is 6.54 Å². The maximum absolute atomic E-state index is 13.0. The van der Waals surface area contributed by atoms with Crippen LogP contribution in [0.5, 0.6) is 0 Å². The number of rotatable bonds is 8. The zero-order chi connectivity index (χ0) is 18.2. The van der Waals surface area contributed by atoms with Gasteiger partial charge in [0.1, 0.15) is 11.6 Å². The number of aromatic nitrogens is 2. The molecule has 0 aliphatic heterocycles. The van der Waals surface area contributed by atoms with E-state index in [1.165, 1.54) is 12.1 Å². The molecule has 0 spiro atoms. The van der Waals surface area contributed by atoms with Crippen molar-refractivity contribution in [3.63, 3.8) is 0 Å². The highest BCUT2D eigenvalue weighted by molar-refractivity contribution is 5.64. The number of nitrogens with zero attached hydrogens (tertiary/aromatic N) is 2. The fourth-order valence-electron chi connectivity index (χ4n) is 2.55. The van der Waals surface area contributed by atoms with Crippen LogP contribution in [0.1, 0.15) is 25.3 Å². The van der Waals surface area contributed by atoms with Gasteiger partial charge in [0.15, 0.2) is 0 Å². The Morgan fingerprint density at radius 3 is 2.42 bits per heavy atom. The normalized spacial score (nSPS) is 10.5. The second-order valence-corrected chi connectivity index (χ2v) is 6.09.